The molecule has 0 aliphatic carbocycles. The summed E-state index contributed by atoms with van der Waals surface area (Å²) < 4.78 is 5.59. The van der Waals surface area contributed by atoms with E-state index in [1.54, 1.807) is 12.1 Å². The molecule has 0 spiro atoms. The second-order valence-corrected chi connectivity index (χ2v) is 2.57. The van der Waals surface area contributed by atoms with E-state index in [9.17, 15) is 9.70 Å². The van der Waals surface area contributed by atoms with E-state index in [0.717, 1.165) is 4.76 Å². The van der Waals surface area contributed by atoms with Crippen LogP contribution < -0.4 is 0 Å². The fourth-order valence-corrected chi connectivity index (χ4v) is 0.611. The van der Waals surface area contributed by atoms with Crippen molar-refractivity contribution in [1.29, 1.82) is 0 Å². The van der Waals surface area contributed by atoms with Gasteiger partial charge in [0.2, 0.25) is 0 Å². The Labute approximate surface area is 84.5 Å². The zero-order chi connectivity index (χ0) is 10.3. The highest BCUT2D eigenvalue weighted by atomic mass is 16.3. The number of nitrogens with zero attached hydrogens (tertiary/aromatic N) is 1. The van der Waals surface area contributed by atoms with Gasteiger partial charge in [0.05, 0.1) is 6.26 Å². The second-order valence-electron chi connectivity index (χ2n) is 2.57. The number of furan rings is 1. The van der Waals surface area contributed by atoms with Crippen molar-refractivity contribution < 1.29 is 14.0 Å². The number of carbonyl (C=O) groups is 1. The maximum absolute atomic E-state index is 10.8. The van der Waals surface area contributed by atoms with Gasteiger partial charge in [-0.25, -0.2) is 0 Å². The lowest BCUT2D eigenvalue weighted by Crippen LogP contribution is -1.91. The summed E-state index contributed by atoms with van der Waals surface area (Å²) in [7, 11) is 2.89. The molecule has 14 heavy (non-hydrogen) atoms. The van der Waals surface area contributed by atoms with E-state index in [1.807, 2.05) is 6.92 Å². The maximum atomic E-state index is 10.8. The summed E-state index contributed by atoms with van der Waals surface area (Å²) >= 11 is 0. The molecule has 0 N–H and O–H groups in total. The Bertz CT molecular complexity index is 261. The van der Waals surface area contributed by atoms with Crippen molar-refractivity contribution in [2.45, 2.75) is 20.8 Å². The van der Waals surface area contributed by atoms with Crippen LogP contribution in [-0.4, -0.2) is 24.6 Å². The van der Waals surface area contributed by atoms with Crippen LogP contribution in [0.3, 0.4) is 0 Å². The number of Topliss-reactive ketones (excluding diaryl/α,β-unsaturated/α-hetero) is 1. The van der Waals surface area contributed by atoms with Gasteiger partial charge < -0.3 is 4.42 Å². The number of nitroso groups, excluding NO2 is 1. The Hall–Kier alpha value is -1.45. The highest BCUT2D eigenvalue weighted by molar-refractivity contribution is 5.93. The van der Waals surface area contributed by atoms with Gasteiger partial charge in [-0.3, -0.25) is 4.79 Å². The molecule has 0 fully saturated rings. The van der Waals surface area contributed by atoms with Crippen LogP contribution >= 0.6 is 0 Å². The SMILES string of the molecule is C.CCC(=O)c1ccco1.C[N+](C)=O. The number of rotatable bonds is 2. The van der Waals surface area contributed by atoms with Gasteiger partial charge in [-0.05, 0) is 16.9 Å². The number of hydrogen-bond acceptors (Lipinski definition) is 3. The largest absolute Gasteiger partial charge is 0.461 e. The van der Waals surface area contributed by atoms with Crippen LogP contribution in [0, 0.1) is 4.91 Å². The average molecular weight is 200 g/mol. The monoisotopic (exact) mass is 200 g/mol. The van der Waals surface area contributed by atoms with Crippen LogP contribution in [-0.2, 0) is 0 Å². The Morgan fingerprint density at radius 3 is 2.29 bits per heavy atom. The highest BCUT2D eigenvalue weighted by Crippen LogP contribution is 2.02. The predicted octanol–water partition coefficient (Wildman–Crippen LogP) is 2.53. The third kappa shape index (κ3) is 7.21. The molecule has 0 aromatic carbocycles. The molecule has 0 saturated heterocycles. The summed E-state index contributed by atoms with van der Waals surface area (Å²) in [5.41, 5.74) is 0. The minimum absolute atomic E-state index is 0. The van der Waals surface area contributed by atoms with Crippen molar-refractivity contribution in [2.24, 2.45) is 0 Å². The summed E-state index contributed by atoms with van der Waals surface area (Å²) in [6.07, 6.45) is 2.01. The molecule has 0 radical (unpaired) electrons. The quantitative estimate of drug-likeness (QED) is 0.544. The van der Waals surface area contributed by atoms with Gasteiger partial charge >= 0.3 is 0 Å². The van der Waals surface area contributed by atoms with Gasteiger partial charge in [0, 0.05) is 11.3 Å². The molecule has 1 aromatic heterocycles. The average Bonchev–Trinajstić information content (AvgIpc) is 2.54. The topological polar surface area (TPSA) is 50.3 Å². The molecule has 0 aliphatic heterocycles. The molecular formula is C10H18NO3+. The van der Waals surface area contributed by atoms with Crippen molar-refractivity contribution in [2.75, 3.05) is 14.1 Å². The lowest BCUT2D eigenvalue weighted by Gasteiger charge is -1.86. The van der Waals surface area contributed by atoms with Crippen LogP contribution in [0.4, 0.5) is 0 Å². The maximum Gasteiger partial charge on any atom is 0.197 e. The summed E-state index contributed by atoms with van der Waals surface area (Å²) in [4.78, 5) is 20.1. The van der Waals surface area contributed by atoms with Crippen LogP contribution in [0.2, 0.25) is 0 Å². The molecule has 0 bridgehead atoms. The van der Waals surface area contributed by atoms with Crippen LogP contribution in [0.25, 0.3) is 0 Å². The molecule has 0 amide bonds. The first-order valence-corrected chi connectivity index (χ1v) is 3.99. The molecule has 4 nitrogen and oxygen atoms in total. The highest BCUT2D eigenvalue weighted by Gasteiger charge is 2.02. The third-order valence-corrected chi connectivity index (χ3v) is 1.12. The van der Waals surface area contributed by atoms with E-state index < -0.39 is 0 Å². The Balaban J connectivity index is 0. The first-order chi connectivity index (χ1) is 6.07. The van der Waals surface area contributed by atoms with E-state index in [4.69, 9.17) is 4.42 Å². The fraction of sp³-hybridized carbons (Fsp3) is 0.500. The van der Waals surface area contributed by atoms with E-state index >= 15 is 0 Å². The van der Waals surface area contributed by atoms with E-state index in [-0.39, 0.29) is 13.2 Å². The van der Waals surface area contributed by atoms with Gasteiger partial charge in [0.15, 0.2) is 25.6 Å². The number of hydrogen-bond donors (Lipinski definition) is 0. The Morgan fingerprint density at radius 2 is 2.00 bits per heavy atom. The minimum atomic E-state index is 0. The van der Waals surface area contributed by atoms with Crippen LogP contribution in [0.5, 0.6) is 0 Å². The first-order valence-electron chi connectivity index (χ1n) is 3.99. The summed E-state index contributed by atoms with van der Waals surface area (Å²) in [5.74, 6) is 0.512. The number of ketones is 1. The summed E-state index contributed by atoms with van der Waals surface area (Å²) in [6, 6.07) is 3.38. The molecular weight excluding hydrogens is 182 g/mol. The van der Waals surface area contributed by atoms with Crippen LogP contribution in [0.15, 0.2) is 22.8 Å². The molecule has 4 heteroatoms. The molecule has 1 aromatic rings. The molecule has 0 unspecified atom stereocenters. The van der Waals surface area contributed by atoms with E-state index in [1.165, 1.54) is 20.4 Å². The van der Waals surface area contributed by atoms with E-state index in [2.05, 4.69) is 0 Å². The normalized spacial score (nSPS) is 7.93. The van der Waals surface area contributed by atoms with E-state index in [0.29, 0.717) is 12.2 Å². The zero-order valence-corrected chi connectivity index (χ0v) is 8.11. The molecule has 1 heterocycles. The van der Waals surface area contributed by atoms with Crippen molar-refractivity contribution in [3.63, 3.8) is 0 Å². The Kier molecular flexibility index (Phi) is 8.77. The first kappa shape index (κ1) is 15.0. The predicted molar refractivity (Wildman–Crippen MR) is 55.5 cm³/mol. The molecule has 1 rings (SSSR count). The van der Waals surface area contributed by atoms with Gasteiger partial charge in [-0.2, -0.15) is 0 Å². The minimum Gasteiger partial charge on any atom is -0.461 e. The van der Waals surface area contributed by atoms with Crippen molar-refractivity contribution in [1.82, 2.24) is 0 Å². The summed E-state index contributed by atoms with van der Waals surface area (Å²) in [5, 5.41) is 0. The molecule has 0 saturated carbocycles. The summed E-state index contributed by atoms with van der Waals surface area (Å²) in [6.45, 7) is 1.81. The smallest absolute Gasteiger partial charge is 0.197 e. The zero-order valence-electron chi connectivity index (χ0n) is 8.11. The lowest BCUT2D eigenvalue weighted by atomic mass is 10.2. The molecule has 80 valence electrons. The third-order valence-electron chi connectivity index (χ3n) is 1.12. The van der Waals surface area contributed by atoms with Gasteiger partial charge in [0.25, 0.3) is 0 Å². The Morgan fingerprint density at radius 1 is 1.50 bits per heavy atom. The van der Waals surface area contributed by atoms with Gasteiger partial charge in [-0.1, -0.05) is 14.4 Å². The van der Waals surface area contributed by atoms with Crippen molar-refractivity contribution in [3.8, 4) is 0 Å². The van der Waals surface area contributed by atoms with Crippen molar-refractivity contribution >= 4 is 5.78 Å². The standard InChI is InChI=1S/C7H8O2.C2H6NO.CH4/c1-2-6(8)7-4-3-5-9-7;1-3(2)4;/h3-5H,2H2,1H3;1-2H3;1H4/q;+1;. The van der Waals surface area contributed by atoms with Crippen LogP contribution in [0.1, 0.15) is 31.3 Å². The lowest BCUT2D eigenvalue weighted by molar-refractivity contribution is -0.486. The van der Waals surface area contributed by atoms with Gasteiger partial charge in [0.1, 0.15) is 0 Å². The molecule has 0 atom stereocenters. The fourth-order valence-electron chi connectivity index (χ4n) is 0.611. The second kappa shape index (κ2) is 8.16. The van der Waals surface area contributed by atoms with Crippen molar-refractivity contribution in [3.05, 3.63) is 29.1 Å². The number of carbonyl (C=O) groups excluding carboxylic acids is 1. The molecule has 0 aliphatic rings. The van der Waals surface area contributed by atoms with Gasteiger partial charge in [-0.15, -0.1) is 0 Å².